The van der Waals surface area contributed by atoms with E-state index in [0.717, 1.165) is 33.5 Å². The first kappa shape index (κ1) is 16.4. The summed E-state index contributed by atoms with van der Waals surface area (Å²) in [5.74, 6) is -0.250. The molecule has 5 rings (SSSR count). The Bertz CT molecular complexity index is 1280. The lowest BCUT2D eigenvalue weighted by molar-refractivity contribution is 0.619. The molecule has 28 heavy (non-hydrogen) atoms. The maximum atomic E-state index is 13.4. The summed E-state index contributed by atoms with van der Waals surface area (Å²) >= 11 is 0. The highest BCUT2D eigenvalue weighted by molar-refractivity contribution is 5.91. The number of hydrogen-bond donors (Lipinski definition) is 1. The van der Waals surface area contributed by atoms with Crippen molar-refractivity contribution in [1.29, 1.82) is 0 Å². The molecule has 0 saturated carbocycles. The molecule has 1 N–H and O–H groups in total. The summed E-state index contributed by atoms with van der Waals surface area (Å²) in [7, 11) is 1.87. The standard InChI is InChI=1S/C20H16FN7/c1-27-11-15(7-24-27)18-9-23-20-19(26-18)17(8-22-20)14-6-25-28(12-14)10-13-3-2-4-16(21)5-13/h2-9,11-12H,10H2,1H3,(H,22,23). The zero-order valence-electron chi connectivity index (χ0n) is 15.0. The van der Waals surface area contributed by atoms with Gasteiger partial charge >= 0.3 is 0 Å². The molecule has 4 heterocycles. The number of aromatic amines is 1. The van der Waals surface area contributed by atoms with Crippen LogP contribution in [-0.4, -0.2) is 34.5 Å². The normalized spacial score (nSPS) is 11.4. The van der Waals surface area contributed by atoms with Crippen LogP contribution in [-0.2, 0) is 13.6 Å². The van der Waals surface area contributed by atoms with Crippen molar-refractivity contribution in [3.05, 3.63) is 72.8 Å². The molecule has 0 spiro atoms. The van der Waals surface area contributed by atoms with E-state index in [4.69, 9.17) is 4.98 Å². The molecule has 0 aliphatic heterocycles. The van der Waals surface area contributed by atoms with E-state index in [2.05, 4.69) is 20.2 Å². The topological polar surface area (TPSA) is 77.2 Å². The minimum Gasteiger partial charge on any atom is -0.344 e. The molecule has 7 nitrogen and oxygen atoms in total. The molecule has 0 atom stereocenters. The Hall–Kier alpha value is -3.81. The van der Waals surface area contributed by atoms with Gasteiger partial charge in [-0.3, -0.25) is 9.36 Å². The molecule has 0 bridgehead atoms. The average molecular weight is 373 g/mol. The van der Waals surface area contributed by atoms with Gasteiger partial charge in [0.1, 0.15) is 11.3 Å². The van der Waals surface area contributed by atoms with Crippen LogP contribution >= 0.6 is 0 Å². The molecule has 0 saturated heterocycles. The summed E-state index contributed by atoms with van der Waals surface area (Å²) in [6.07, 6.45) is 11.0. The highest BCUT2D eigenvalue weighted by Gasteiger charge is 2.13. The Morgan fingerprint density at radius 2 is 1.96 bits per heavy atom. The van der Waals surface area contributed by atoms with E-state index < -0.39 is 0 Å². The number of aromatic nitrogens is 7. The number of fused-ring (bicyclic) bond motifs is 1. The number of aryl methyl sites for hydroxylation is 1. The maximum absolute atomic E-state index is 13.4. The lowest BCUT2D eigenvalue weighted by atomic mass is 10.1. The van der Waals surface area contributed by atoms with Gasteiger partial charge in [0.25, 0.3) is 0 Å². The molecule has 8 heteroatoms. The fourth-order valence-corrected chi connectivity index (χ4v) is 3.22. The molecule has 138 valence electrons. The number of hydrogen-bond acceptors (Lipinski definition) is 4. The molecule has 0 aliphatic carbocycles. The number of rotatable bonds is 4. The van der Waals surface area contributed by atoms with Crippen molar-refractivity contribution in [3.63, 3.8) is 0 Å². The monoisotopic (exact) mass is 373 g/mol. The summed E-state index contributed by atoms with van der Waals surface area (Å²) < 4.78 is 16.9. The molecule has 0 fully saturated rings. The SMILES string of the molecule is Cn1cc(-c2cnc3[nH]cc(-c4cnn(Cc5cccc(F)c5)c4)c3n2)cn1. The van der Waals surface area contributed by atoms with Gasteiger partial charge in [0.05, 0.1) is 30.8 Å². The van der Waals surface area contributed by atoms with Crippen molar-refractivity contribution in [2.24, 2.45) is 7.05 Å². The van der Waals surface area contributed by atoms with Crippen molar-refractivity contribution in [3.8, 4) is 22.4 Å². The lowest BCUT2D eigenvalue weighted by Crippen LogP contribution is -1.99. The third-order valence-electron chi connectivity index (χ3n) is 4.56. The Morgan fingerprint density at radius 3 is 2.79 bits per heavy atom. The van der Waals surface area contributed by atoms with Crippen molar-refractivity contribution in [2.75, 3.05) is 0 Å². The van der Waals surface area contributed by atoms with E-state index in [1.54, 1.807) is 34.0 Å². The van der Waals surface area contributed by atoms with Crippen LogP contribution in [0.4, 0.5) is 4.39 Å². The van der Waals surface area contributed by atoms with Gasteiger partial charge in [-0.05, 0) is 17.7 Å². The Labute approximate surface area is 159 Å². The Morgan fingerprint density at radius 1 is 1.07 bits per heavy atom. The summed E-state index contributed by atoms with van der Waals surface area (Å²) in [6.45, 7) is 0.493. The van der Waals surface area contributed by atoms with Gasteiger partial charge in [0, 0.05) is 42.3 Å². The van der Waals surface area contributed by atoms with Crippen molar-refractivity contribution in [2.45, 2.75) is 6.54 Å². The van der Waals surface area contributed by atoms with Gasteiger partial charge in [0.2, 0.25) is 0 Å². The Kier molecular flexibility index (Phi) is 3.75. The van der Waals surface area contributed by atoms with E-state index in [1.165, 1.54) is 12.1 Å². The highest BCUT2D eigenvalue weighted by atomic mass is 19.1. The van der Waals surface area contributed by atoms with Crippen LogP contribution in [0, 0.1) is 5.82 Å². The number of nitrogens with zero attached hydrogens (tertiary/aromatic N) is 6. The smallest absolute Gasteiger partial charge is 0.156 e. The number of halogens is 1. The van der Waals surface area contributed by atoms with E-state index in [-0.39, 0.29) is 5.82 Å². The third kappa shape index (κ3) is 2.94. The second kappa shape index (κ2) is 6.41. The molecular weight excluding hydrogens is 357 g/mol. The van der Waals surface area contributed by atoms with Gasteiger partial charge in [-0.2, -0.15) is 10.2 Å². The van der Waals surface area contributed by atoms with Gasteiger partial charge in [0.15, 0.2) is 5.65 Å². The zero-order chi connectivity index (χ0) is 19.1. The second-order valence-electron chi connectivity index (χ2n) is 6.61. The van der Waals surface area contributed by atoms with Crippen LogP contribution in [0.5, 0.6) is 0 Å². The molecule has 4 aromatic heterocycles. The summed E-state index contributed by atoms with van der Waals surface area (Å²) in [6, 6.07) is 6.52. The summed E-state index contributed by atoms with van der Waals surface area (Å²) in [5, 5.41) is 8.60. The first-order valence-electron chi connectivity index (χ1n) is 8.76. The molecule has 0 unspecified atom stereocenters. The highest BCUT2D eigenvalue weighted by Crippen LogP contribution is 2.28. The van der Waals surface area contributed by atoms with Crippen LogP contribution in [0.2, 0.25) is 0 Å². The van der Waals surface area contributed by atoms with Crippen LogP contribution in [0.25, 0.3) is 33.5 Å². The molecule has 0 amide bonds. The van der Waals surface area contributed by atoms with Crippen LogP contribution in [0.15, 0.2) is 61.4 Å². The van der Waals surface area contributed by atoms with E-state index in [1.807, 2.05) is 31.7 Å². The molecule has 1 aromatic carbocycles. The Balaban J connectivity index is 1.50. The largest absolute Gasteiger partial charge is 0.344 e. The predicted molar refractivity (Wildman–Crippen MR) is 103 cm³/mol. The first-order valence-corrected chi connectivity index (χ1v) is 8.76. The minimum atomic E-state index is -0.250. The van der Waals surface area contributed by atoms with Crippen molar-refractivity contribution >= 4 is 11.2 Å². The van der Waals surface area contributed by atoms with Crippen LogP contribution < -0.4 is 0 Å². The van der Waals surface area contributed by atoms with E-state index >= 15 is 0 Å². The molecule has 0 radical (unpaired) electrons. The van der Waals surface area contributed by atoms with Crippen molar-refractivity contribution in [1.82, 2.24) is 34.5 Å². The average Bonchev–Trinajstić information content (AvgIpc) is 3.40. The predicted octanol–water partition coefficient (Wildman–Crippen LogP) is 3.41. The van der Waals surface area contributed by atoms with Gasteiger partial charge in [-0.25, -0.2) is 14.4 Å². The van der Waals surface area contributed by atoms with E-state index in [0.29, 0.717) is 12.2 Å². The quantitative estimate of drug-likeness (QED) is 0.524. The number of benzene rings is 1. The van der Waals surface area contributed by atoms with E-state index in [9.17, 15) is 4.39 Å². The van der Waals surface area contributed by atoms with Crippen molar-refractivity contribution < 1.29 is 4.39 Å². The summed E-state index contributed by atoms with van der Waals surface area (Å²) in [4.78, 5) is 12.4. The zero-order valence-corrected chi connectivity index (χ0v) is 15.0. The molecular formula is C20H16FN7. The molecule has 5 aromatic rings. The van der Waals surface area contributed by atoms with Gasteiger partial charge in [-0.15, -0.1) is 0 Å². The van der Waals surface area contributed by atoms with Crippen LogP contribution in [0.3, 0.4) is 0 Å². The van der Waals surface area contributed by atoms with Gasteiger partial charge in [-0.1, -0.05) is 12.1 Å². The lowest BCUT2D eigenvalue weighted by Gasteiger charge is -2.01. The van der Waals surface area contributed by atoms with Crippen LogP contribution in [0.1, 0.15) is 5.56 Å². The third-order valence-corrected chi connectivity index (χ3v) is 4.56. The first-order chi connectivity index (χ1) is 13.7. The fourth-order valence-electron chi connectivity index (χ4n) is 3.22. The second-order valence-corrected chi connectivity index (χ2v) is 6.61. The number of nitrogens with one attached hydrogen (secondary N) is 1. The minimum absolute atomic E-state index is 0.250. The van der Waals surface area contributed by atoms with Gasteiger partial charge < -0.3 is 4.98 Å². The number of H-pyrrole nitrogens is 1. The maximum Gasteiger partial charge on any atom is 0.156 e. The fraction of sp³-hybridized carbons (Fsp3) is 0.100. The molecule has 0 aliphatic rings. The summed E-state index contributed by atoms with van der Waals surface area (Å²) in [5.41, 5.74) is 5.83.